The molecular formula is C30H31FN4O4S. The number of hydrogen-bond donors (Lipinski definition) is 1. The Morgan fingerprint density at radius 3 is 2.50 bits per heavy atom. The summed E-state index contributed by atoms with van der Waals surface area (Å²) in [5.74, 6) is 0.987. The van der Waals surface area contributed by atoms with Crippen molar-refractivity contribution in [3.63, 3.8) is 0 Å². The van der Waals surface area contributed by atoms with Gasteiger partial charge in [-0.3, -0.25) is 9.79 Å². The Bertz CT molecular complexity index is 1510. The molecule has 0 aliphatic carbocycles. The Labute approximate surface area is 236 Å². The fraction of sp³-hybridized carbons (Fsp3) is 0.233. The lowest BCUT2D eigenvalue weighted by Gasteiger charge is -2.12. The van der Waals surface area contributed by atoms with E-state index in [2.05, 4.69) is 12.2 Å². The monoisotopic (exact) mass is 562 g/mol. The van der Waals surface area contributed by atoms with E-state index in [0.717, 1.165) is 34.5 Å². The van der Waals surface area contributed by atoms with Crippen molar-refractivity contribution in [3.8, 4) is 28.5 Å². The highest BCUT2D eigenvalue weighted by Crippen LogP contribution is 2.28. The molecule has 0 aliphatic heterocycles. The lowest BCUT2D eigenvalue weighted by atomic mass is 10.2. The number of carbonyl (C=O) groups is 1. The maximum atomic E-state index is 13.5. The zero-order valence-corrected chi connectivity index (χ0v) is 23.4. The number of aromatic nitrogens is 1. The van der Waals surface area contributed by atoms with Gasteiger partial charge in [0.25, 0.3) is 5.91 Å². The summed E-state index contributed by atoms with van der Waals surface area (Å²) in [7, 11) is 3.12. The Balaban J connectivity index is 1.50. The number of benzene rings is 3. The third kappa shape index (κ3) is 7.57. The van der Waals surface area contributed by atoms with Gasteiger partial charge >= 0.3 is 0 Å². The normalized spacial score (nSPS) is 11.6. The molecule has 0 saturated carbocycles. The third-order valence-corrected chi connectivity index (χ3v) is 6.68. The van der Waals surface area contributed by atoms with Crippen molar-refractivity contribution in [2.24, 2.45) is 10.1 Å². The first kappa shape index (κ1) is 28.6. The topological polar surface area (TPSA) is 86.4 Å². The summed E-state index contributed by atoms with van der Waals surface area (Å²) in [6.45, 7) is 2.62. The van der Waals surface area contributed by atoms with Crippen molar-refractivity contribution >= 4 is 29.1 Å². The standard InChI is InChI=1S/C30H31FN4O4S/c1-4-5-16-32-30-35(26(20-40-30)22-7-9-23(31)10-8-22)33-18-21-6-15-27(28(17-21)38-3)39-19-29(36)34-24-11-13-25(37-2)14-12-24/h6-15,17-18,20H,4-5,16,19H2,1-3H3,(H,34,36)/b32-30?,33-18+. The van der Waals surface area contributed by atoms with Crippen LogP contribution in [0.4, 0.5) is 10.1 Å². The van der Waals surface area contributed by atoms with Crippen LogP contribution < -0.4 is 24.3 Å². The van der Waals surface area contributed by atoms with Gasteiger partial charge in [0.1, 0.15) is 11.6 Å². The number of hydrogen-bond acceptors (Lipinski definition) is 7. The van der Waals surface area contributed by atoms with E-state index in [9.17, 15) is 9.18 Å². The molecule has 208 valence electrons. The van der Waals surface area contributed by atoms with Gasteiger partial charge in [-0.15, -0.1) is 11.3 Å². The minimum absolute atomic E-state index is 0.190. The predicted molar refractivity (Wildman–Crippen MR) is 156 cm³/mol. The highest BCUT2D eigenvalue weighted by molar-refractivity contribution is 7.07. The Hall–Kier alpha value is -4.44. The highest BCUT2D eigenvalue weighted by atomic mass is 32.1. The van der Waals surface area contributed by atoms with Gasteiger partial charge in [0.2, 0.25) is 4.80 Å². The van der Waals surface area contributed by atoms with Crippen molar-refractivity contribution in [3.05, 3.63) is 88.3 Å². The number of ether oxygens (including phenoxy) is 3. The van der Waals surface area contributed by atoms with E-state index in [1.54, 1.807) is 66.5 Å². The highest BCUT2D eigenvalue weighted by Gasteiger charge is 2.11. The van der Waals surface area contributed by atoms with Crippen LogP contribution >= 0.6 is 11.3 Å². The lowest BCUT2D eigenvalue weighted by Crippen LogP contribution is -2.20. The number of nitrogens with zero attached hydrogens (tertiary/aromatic N) is 3. The van der Waals surface area contributed by atoms with Gasteiger partial charge in [-0.2, -0.15) is 5.10 Å². The minimum Gasteiger partial charge on any atom is -0.497 e. The van der Waals surface area contributed by atoms with Gasteiger partial charge in [0.15, 0.2) is 18.1 Å². The summed E-state index contributed by atoms with van der Waals surface area (Å²) in [5, 5.41) is 9.44. The number of carbonyl (C=O) groups excluding carboxylic acids is 1. The maximum absolute atomic E-state index is 13.5. The van der Waals surface area contributed by atoms with Crippen LogP contribution in [0.5, 0.6) is 17.2 Å². The number of rotatable bonds is 12. The van der Waals surface area contributed by atoms with Crippen LogP contribution in [-0.2, 0) is 4.79 Å². The Kier molecular flexibility index (Phi) is 10.1. The van der Waals surface area contributed by atoms with Gasteiger partial charge < -0.3 is 19.5 Å². The molecule has 0 atom stereocenters. The predicted octanol–water partition coefficient (Wildman–Crippen LogP) is 5.97. The third-order valence-electron chi connectivity index (χ3n) is 5.83. The van der Waals surface area contributed by atoms with Crippen LogP contribution in [0.15, 0.2) is 82.2 Å². The first-order valence-corrected chi connectivity index (χ1v) is 13.6. The number of thiazole rings is 1. The summed E-state index contributed by atoms with van der Waals surface area (Å²) in [6, 6.07) is 18.6. The van der Waals surface area contributed by atoms with Gasteiger partial charge in [0, 0.05) is 23.2 Å². The number of nitrogens with one attached hydrogen (secondary N) is 1. The maximum Gasteiger partial charge on any atom is 0.262 e. The zero-order chi connectivity index (χ0) is 28.3. The summed E-state index contributed by atoms with van der Waals surface area (Å²) in [4.78, 5) is 17.8. The van der Waals surface area contributed by atoms with Crippen LogP contribution in [0.25, 0.3) is 11.3 Å². The van der Waals surface area contributed by atoms with Gasteiger partial charge in [-0.05, 0) is 78.7 Å². The van der Waals surface area contributed by atoms with Crippen LogP contribution in [0.2, 0.25) is 0 Å². The van der Waals surface area contributed by atoms with Crippen LogP contribution in [0, 0.1) is 5.82 Å². The van der Waals surface area contributed by atoms with Gasteiger partial charge in [-0.25, -0.2) is 9.07 Å². The molecule has 1 aromatic heterocycles. The summed E-state index contributed by atoms with van der Waals surface area (Å²) in [5.41, 5.74) is 3.04. The number of amides is 1. The first-order valence-electron chi connectivity index (χ1n) is 12.8. The molecule has 8 nitrogen and oxygen atoms in total. The average Bonchev–Trinajstić information content (AvgIpc) is 3.38. The van der Waals surface area contributed by atoms with Crippen LogP contribution in [0.3, 0.4) is 0 Å². The molecule has 0 saturated heterocycles. The molecule has 3 aromatic carbocycles. The quantitative estimate of drug-likeness (QED) is 0.170. The number of halogens is 1. The fourth-order valence-corrected chi connectivity index (χ4v) is 4.56. The number of anilines is 1. The molecule has 0 radical (unpaired) electrons. The fourth-order valence-electron chi connectivity index (χ4n) is 3.69. The molecule has 1 N–H and O–H groups in total. The van der Waals surface area contributed by atoms with Crippen molar-refractivity contribution in [2.75, 3.05) is 32.7 Å². The molecule has 1 heterocycles. The SMILES string of the molecule is CCCCN=c1scc(-c2ccc(F)cc2)n1/N=C/c1ccc(OCC(=O)Nc2ccc(OC)cc2)c(OC)c1. The Morgan fingerprint density at radius 2 is 1.80 bits per heavy atom. The second-order valence-corrected chi connectivity index (χ2v) is 9.51. The molecule has 0 spiro atoms. The van der Waals surface area contributed by atoms with Gasteiger partial charge in [-0.1, -0.05) is 13.3 Å². The zero-order valence-electron chi connectivity index (χ0n) is 22.6. The van der Waals surface area contributed by atoms with Crippen molar-refractivity contribution in [1.29, 1.82) is 0 Å². The summed E-state index contributed by atoms with van der Waals surface area (Å²) < 4.78 is 31.6. The number of methoxy groups -OCH3 is 2. The van der Waals surface area contributed by atoms with Crippen molar-refractivity contribution in [1.82, 2.24) is 4.68 Å². The van der Waals surface area contributed by atoms with E-state index in [1.807, 2.05) is 11.4 Å². The molecule has 1 amide bonds. The molecule has 0 unspecified atom stereocenters. The molecular weight excluding hydrogens is 531 g/mol. The molecule has 10 heteroatoms. The summed E-state index contributed by atoms with van der Waals surface area (Å²) in [6.07, 6.45) is 3.71. The largest absolute Gasteiger partial charge is 0.497 e. The van der Waals surface area contributed by atoms with E-state index >= 15 is 0 Å². The van der Waals surface area contributed by atoms with Gasteiger partial charge in [0.05, 0.1) is 26.1 Å². The minimum atomic E-state index is -0.306. The van der Waals surface area contributed by atoms with Crippen molar-refractivity contribution < 1.29 is 23.4 Å². The number of unbranched alkanes of at least 4 members (excludes halogenated alkanes) is 1. The van der Waals surface area contributed by atoms with E-state index in [1.165, 1.54) is 30.6 Å². The average molecular weight is 563 g/mol. The van der Waals surface area contributed by atoms with E-state index in [4.69, 9.17) is 24.3 Å². The van der Waals surface area contributed by atoms with Crippen LogP contribution in [-0.4, -0.2) is 44.2 Å². The van der Waals surface area contributed by atoms with Crippen molar-refractivity contribution in [2.45, 2.75) is 19.8 Å². The molecule has 40 heavy (non-hydrogen) atoms. The Morgan fingerprint density at radius 1 is 1.02 bits per heavy atom. The molecule has 0 aliphatic rings. The van der Waals surface area contributed by atoms with E-state index < -0.39 is 0 Å². The second-order valence-electron chi connectivity index (χ2n) is 8.68. The second kappa shape index (κ2) is 14.1. The smallest absolute Gasteiger partial charge is 0.262 e. The first-order chi connectivity index (χ1) is 19.5. The molecule has 4 rings (SSSR count). The van der Waals surface area contributed by atoms with Crippen LogP contribution in [0.1, 0.15) is 25.3 Å². The molecule has 0 fully saturated rings. The van der Waals surface area contributed by atoms with E-state index in [-0.39, 0.29) is 18.3 Å². The molecule has 4 aromatic rings. The summed E-state index contributed by atoms with van der Waals surface area (Å²) >= 11 is 1.48. The van der Waals surface area contributed by atoms with E-state index in [0.29, 0.717) is 29.5 Å². The molecule has 0 bridgehead atoms. The lowest BCUT2D eigenvalue weighted by molar-refractivity contribution is -0.118.